The van der Waals surface area contributed by atoms with Crippen LogP contribution >= 0.6 is 0 Å². The lowest BCUT2D eigenvalue weighted by Gasteiger charge is -2.33. The number of hydrogen-bond acceptors (Lipinski definition) is 0. The topological polar surface area (TPSA) is 0 Å². The second-order valence-corrected chi connectivity index (χ2v) is 15.1. The van der Waals surface area contributed by atoms with E-state index in [0.717, 1.165) is 8.97 Å². The van der Waals surface area contributed by atoms with E-state index >= 15 is 0 Å². The van der Waals surface area contributed by atoms with Crippen molar-refractivity contribution in [3.8, 4) is 22.3 Å². The van der Waals surface area contributed by atoms with Crippen LogP contribution in [0.5, 0.6) is 0 Å². The summed E-state index contributed by atoms with van der Waals surface area (Å²) in [6.07, 6.45) is 13.1. The maximum atomic E-state index is 2.57. The molecule has 2 nitrogen and oxygen atoms in total. The molecule has 3 aromatic rings. The normalized spacial score (nSPS) is 14.2. The molecule has 0 saturated heterocycles. The fraction of sp³-hybridized carbons (Fsp3) is 0.538. The second-order valence-electron chi connectivity index (χ2n) is 15.1. The third-order valence-corrected chi connectivity index (χ3v) is 9.27. The molecule has 2 heteroatoms. The second kappa shape index (κ2) is 13.3. The van der Waals surface area contributed by atoms with Crippen LogP contribution in [0, 0.1) is 13.8 Å². The van der Waals surface area contributed by atoms with Crippen molar-refractivity contribution in [2.45, 2.75) is 83.5 Å². The average molecular weight is 555 g/mol. The lowest BCUT2D eigenvalue weighted by Crippen LogP contribution is -2.35. The van der Waals surface area contributed by atoms with Gasteiger partial charge < -0.3 is 8.97 Å². The Balaban J connectivity index is 1.63. The first-order chi connectivity index (χ1) is 19.4. The van der Waals surface area contributed by atoms with Gasteiger partial charge in [-0.1, -0.05) is 91.4 Å². The summed E-state index contributed by atoms with van der Waals surface area (Å²) in [7, 11) is 13.9. The standard InChI is InChI=1S/C39H58N2/c1-31-17-20-33(21-18-31)34-22-24-36-35-23-19-32(2)29-37(35)39(38(36)30-34,25-13-9-11-15-27-40(3,4)5)26-14-10-12-16-28-41(6,7)8/h17-24,29-30H,9-16,25-28H2,1-8H3/q+2. The van der Waals surface area contributed by atoms with Gasteiger partial charge in [0.25, 0.3) is 0 Å². The van der Waals surface area contributed by atoms with Crippen molar-refractivity contribution < 1.29 is 8.97 Å². The Bertz CT molecular complexity index is 1240. The third-order valence-electron chi connectivity index (χ3n) is 9.27. The van der Waals surface area contributed by atoms with Crippen LogP contribution in [-0.4, -0.2) is 64.3 Å². The van der Waals surface area contributed by atoms with Gasteiger partial charge in [-0.3, -0.25) is 0 Å². The molecule has 4 rings (SSSR count). The van der Waals surface area contributed by atoms with Gasteiger partial charge in [0.15, 0.2) is 0 Å². The third kappa shape index (κ3) is 8.33. The summed E-state index contributed by atoms with van der Waals surface area (Å²) >= 11 is 0. The van der Waals surface area contributed by atoms with E-state index in [1.807, 2.05) is 0 Å². The quantitative estimate of drug-likeness (QED) is 0.130. The van der Waals surface area contributed by atoms with E-state index in [1.165, 1.54) is 111 Å². The van der Waals surface area contributed by atoms with Gasteiger partial charge >= 0.3 is 0 Å². The molecule has 222 valence electrons. The summed E-state index contributed by atoms with van der Waals surface area (Å²) in [6.45, 7) is 6.99. The summed E-state index contributed by atoms with van der Waals surface area (Å²) in [4.78, 5) is 0. The summed E-state index contributed by atoms with van der Waals surface area (Å²) in [6, 6.07) is 23.7. The molecule has 0 saturated carbocycles. The summed E-state index contributed by atoms with van der Waals surface area (Å²) in [5.41, 5.74) is 11.7. The van der Waals surface area contributed by atoms with Gasteiger partial charge in [-0.2, -0.15) is 0 Å². The Labute approximate surface area is 252 Å². The Hall–Kier alpha value is -2.42. The first-order valence-electron chi connectivity index (χ1n) is 16.3. The number of quaternary nitrogens is 2. The van der Waals surface area contributed by atoms with E-state index in [2.05, 4.69) is 117 Å². The highest BCUT2D eigenvalue weighted by atomic mass is 15.3. The van der Waals surface area contributed by atoms with Gasteiger partial charge in [-0.15, -0.1) is 0 Å². The summed E-state index contributed by atoms with van der Waals surface area (Å²) in [5, 5.41) is 0. The molecule has 0 radical (unpaired) electrons. The van der Waals surface area contributed by atoms with E-state index in [0.29, 0.717) is 0 Å². The van der Waals surface area contributed by atoms with Crippen LogP contribution in [0.1, 0.15) is 86.5 Å². The summed E-state index contributed by atoms with van der Waals surface area (Å²) < 4.78 is 2.14. The molecule has 0 heterocycles. The highest BCUT2D eigenvalue weighted by Crippen LogP contribution is 2.55. The first kappa shape index (κ1) is 31.5. The molecule has 0 fully saturated rings. The molecule has 3 aromatic carbocycles. The minimum Gasteiger partial charge on any atom is -0.331 e. The Morgan fingerprint density at radius 1 is 0.463 bits per heavy atom. The summed E-state index contributed by atoms with van der Waals surface area (Å²) in [5.74, 6) is 0. The fourth-order valence-electron chi connectivity index (χ4n) is 6.93. The predicted molar refractivity (Wildman–Crippen MR) is 180 cm³/mol. The van der Waals surface area contributed by atoms with Crippen molar-refractivity contribution in [2.75, 3.05) is 55.4 Å². The maximum absolute atomic E-state index is 2.57. The van der Waals surface area contributed by atoms with Gasteiger partial charge in [0.1, 0.15) is 0 Å². The smallest absolute Gasteiger partial charge is 0.0780 e. The molecule has 0 atom stereocenters. The fourth-order valence-corrected chi connectivity index (χ4v) is 6.93. The number of rotatable bonds is 15. The van der Waals surface area contributed by atoms with Gasteiger partial charge in [0.2, 0.25) is 0 Å². The van der Waals surface area contributed by atoms with Crippen molar-refractivity contribution in [1.29, 1.82) is 0 Å². The predicted octanol–water partition coefficient (Wildman–Crippen LogP) is 9.55. The van der Waals surface area contributed by atoms with Crippen LogP contribution in [0.25, 0.3) is 22.3 Å². The number of nitrogens with zero attached hydrogens (tertiary/aromatic N) is 2. The lowest BCUT2D eigenvalue weighted by atomic mass is 9.70. The van der Waals surface area contributed by atoms with Crippen LogP contribution < -0.4 is 0 Å². The molecule has 0 spiro atoms. The van der Waals surface area contributed by atoms with Crippen LogP contribution in [0.4, 0.5) is 0 Å². The zero-order valence-electron chi connectivity index (χ0n) is 27.7. The molecule has 0 unspecified atom stereocenters. The van der Waals surface area contributed by atoms with Crippen LogP contribution in [0.2, 0.25) is 0 Å². The Kier molecular flexibility index (Phi) is 10.2. The van der Waals surface area contributed by atoms with Crippen LogP contribution in [0.15, 0.2) is 60.7 Å². The van der Waals surface area contributed by atoms with Gasteiger partial charge in [0, 0.05) is 5.41 Å². The molecule has 1 aliphatic rings. The number of unbranched alkanes of at least 4 members (excludes halogenated alkanes) is 6. The maximum Gasteiger partial charge on any atom is 0.0780 e. The molecular formula is C39H58N2+2. The Morgan fingerprint density at radius 3 is 1.44 bits per heavy atom. The number of benzene rings is 3. The van der Waals surface area contributed by atoms with Crippen LogP contribution in [-0.2, 0) is 5.41 Å². The zero-order valence-corrected chi connectivity index (χ0v) is 27.7. The lowest BCUT2D eigenvalue weighted by molar-refractivity contribution is -0.870. The first-order valence-corrected chi connectivity index (χ1v) is 16.3. The van der Waals surface area contributed by atoms with Crippen molar-refractivity contribution in [1.82, 2.24) is 0 Å². The van der Waals surface area contributed by atoms with Crippen molar-refractivity contribution in [3.05, 3.63) is 82.9 Å². The monoisotopic (exact) mass is 554 g/mol. The molecule has 0 N–H and O–H groups in total. The molecule has 0 amide bonds. The van der Waals surface area contributed by atoms with Crippen molar-refractivity contribution in [2.24, 2.45) is 0 Å². The molecule has 1 aliphatic carbocycles. The number of fused-ring (bicyclic) bond motifs is 3. The van der Waals surface area contributed by atoms with E-state index < -0.39 is 0 Å². The highest BCUT2D eigenvalue weighted by molar-refractivity contribution is 5.84. The number of aryl methyl sites for hydroxylation is 2. The largest absolute Gasteiger partial charge is 0.331 e. The van der Waals surface area contributed by atoms with Crippen LogP contribution in [0.3, 0.4) is 0 Å². The van der Waals surface area contributed by atoms with Gasteiger partial charge in [0.05, 0.1) is 55.4 Å². The average Bonchev–Trinajstić information content (AvgIpc) is 3.16. The van der Waals surface area contributed by atoms with E-state index in [4.69, 9.17) is 0 Å². The minimum atomic E-state index is 0.123. The van der Waals surface area contributed by atoms with E-state index in [-0.39, 0.29) is 5.41 Å². The highest BCUT2D eigenvalue weighted by Gasteiger charge is 2.42. The number of hydrogen-bond donors (Lipinski definition) is 0. The van der Waals surface area contributed by atoms with Crippen molar-refractivity contribution in [3.63, 3.8) is 0 Å². The Morgan fingerprint density at radius 2 is 0.902 bits per heavy atom. The van der Waals surface area contributed by atoms with E-state index in [9.17, 15) is 0 Å². The molecule has 41 heavy (non-hydrogen) atoms. The SMILES string of the molecule is Cc1ccc(-c2ccc3c(c2)C(CCCCCC[N+](C)(C)C)(CCCCCC[N+](C)(C)C)c2cc(C)ccc2-3)cc1. The van der Waals surface area contributed by atoms with E-state index in [1.54, 1.807) is 11.1 Å². The van der Waals surface area contributed by atoms with Gasteiger partial charge in [-0.05, 0) is 91.8 Å². The molecule has 0 bridgehead atoms. The molecule has 0 aromatic heterocycles. The van der Waals surface area contributed by atoms with Crippen molar-refractivity contribution >= 4 is 0 Å². The van der Waals surface area contributed by atoms with Gasteiger partial charge in [-0.25, -0.2) is 0 Å². The zero-order chi connectivity index (χ0) is 29.7. The molecule has 0 aliphatic heterocycles. The molecular weight excluding hydrogens is 496 g/mol. The minimum absolute atomic E-state index is 0.123.